The predicted molar refractivity (Wildman–Crippen MR) is 81.5 cm³/mol. The maximum absolute atomic E-state index is 11.6. The first kappa shape index (κ1) is 17.3. The zero-order valence-electron chi connectivity index (χ0n) is 13.1. The molecule has 0 aliphatic heterocycles. The molecular weight excluding hydrogens is 282 g/mol. The predicted octanol–water partition coefficient (Wildman–Crippen LogP) is 1.59. The number of rotatable bonds is 2. The standard InChI is InChI=1S/C15H19N5O2/c1-10(19-14(21)22-15(2,3)4)6-5-7-11-9-18-13(17)12(8-16)20-11/h9-10H,6H2,1-4H3,(H2,17,18)(H,19,21)/t10-/m0/s1. The molecule has 0 unspecified atom stereocenters. The highest BCUT2D eigenvalue weighted by Gasteiger charge is 2.17. The van der Waals surface area contributed by atoms with Crippen molar-refractivity contribution in [2.45, 2.75) is 45.8 Å². The molecule has 22 heavy (non-hydrogen) atoms. The summed E-state index contributed by atoms with van der Waals surface area (Å²) in [6.07, 6.45) is 1.32. The molecule has 1 atom stereocenters. The lowest BCUT2D eigenvalue weighted by Crippen LogP contribution is -2.37. The molecule has 0 spiro atoms. The fourth-order valence-electron chi connectivity index (χ4n) is 1.40. The topological polar surface area (TPSA) is 114 Å². The van der Waals surface area contributed by atoms with Gasteiger partial charge in [0.25, 0.3) is 0 Å². The summed E-state index contributed by atoms with van der Waals surface area (Å²) >= 11 is 0. The number of nitriles is 1. The van der Waals surface area contributed by atoms with E-state index >= 15 is 0 Å². The molecule has 3 N–H and O–H groups in total. The molecule has 7 nitrogen and oxygen atoms in total. The number of nitrogens with one attached hydrogen (secondary N) is 1. The van der Waals surface area contributed by atoms with Gasteiger partial charge >= 0.3 is 6.09 Å². The first-order valence-electron chi connectivity index (χ1n) is 6.72. The second-order valence-corrected chi connectivity index (χ2v) is 5.65. The monoisotopic (exact) mass is 301 g/mol. The van der Waals surface area contributed by atoms with E-state index in [9.17, 15) is 4.79 Å². The Morgan fingerprint density at radius 3 is 2.82 bits per heavy atom. The van der Waals surface area contributed by atoms with E-state index in [0.717, 1.165) is 0 Å². The Balaban J connectivity index is 2.57. The summed E-state index contributed by atoms with van der Waals surface area (Å²) in [6, 6.07) is 1.66. The van der Waals surface area contributed by atoms with E-state index < -0.39 is 11.7 Å². The normalized spacial score (nSPS) is 11.6. The summed E-state index contributed by atoms with van der Waals surface area (Å²) < 4.78 is 5.15. The van der Waals surface area contributed by atoms with Gasteiger partial charge in [0.05, 0.1) is 6.20 Å². The molecule has 7 heteroatoms. The Kier molecular flexibility index (Phi) is 5.71. The molecule has 0 fully saturated rings. The summed E-state index contributed by atoms with van der Waals surface area (Å²) in [5.74, 6) is 5.72. The van der Waals surface area contributed by atoms with Crippen molar-refractivity contribution in [3.8, 4) is 17.9 Å². The number of alkyl carbamates (subject to hydrolysis) is 1. The molecule has 0 radical (unpaired) electrons. The molecule has 1 heterocycles. The summed E-state index contributed by atoms with van der Waals surface area (Å²) in [4.78, 5) is 19.4. The van der Waals surface area contributed by atoms with E-state index in [4.69, 9.17) is 15.7 Å². The zero-order valence-corrected chi connectivity index (χ0v) is 13.1. The molecule has 0 bridgehead atoms. The van der Waals surface area contributed by atoms with Crippen LogP contribution in [-0.4, -0.2) is 27.7 Å². The SMILES string of the molecule is C[C@@H](CC#Cc1cnc(N)c(C#N)n1)NC(=O)OC(C)(C)C. The number of hydrogen-bond donors (Lipinski definition) is 2. The van der Waals surface area contributed by atoms with Crippen molar-refractivity contribution < 1.29 is 9.53 Å². The summed E-state index contributed by atoms with van der Waals surface area (Å²) in [5, 5.41) is 11.5. The van der Waals surface area contributed by atoms with Crippen molar-refractivity contribution in [1.29, 1.82) is 5.26 Å². The highest BCUT2D eigenvalue weighted by atomic mass is 16.6. The number of nitrogens with zero attached hydrogens (tertiary/aromatic N) is 3. The number of anilines is 1. The fraction of sp³-hybridized carbons (Fsp3) is 0.467. The number of nitrogens with two attached hydrogens (primary N) is 1. The van der Waals surface area contributed by atoms with Crippen LogP contribution >= 0.6 is 0 Å². The Morgan fingerprint density at radius 2 is 2.23 bits per heavy atom. The van der Waals surface area contributed by atoms with Crippen LogP contribution in [0.25, 0.3) is 0 Å². The third-order valence-electron chi connectivity index (χ3n) is 2.29. The van der Waals surface area contributed by atoms with E-state index in [-0.39, 0.29) is 17.6 Å². The molecule has 1 aromatic heterocycles. The average molecular weight is 301 g/mol. The van der Waals surface area contributed by atoms with Gasteiger partial charge in [-0.2, -0.15) is 5.26 Å². The lowest BCUT2D eigenvalue weighted by atomic mass is 10.2. The van der Waals surface area contributed by atoms with E-state index in [0.29, 0.717) is 12.1 Å². The highest BCUT2D eigenvalue weighted by molar-refractivity contribution is 5.68. The first-order valence-corrected chi connectivity index (χ1v) is 6.72. The van der Waals surface area contributed by atoms with Gasteiger partial charge in [0.15, 0.2) is 11.5 Å². The van der Waals surface area contributed by atoms with Gasteiger partial charge in [0.2, 0.25) is 0 Å². The Bertz CT molecular complexity index is 647. The van der Waals surface area contributed by atoms with Crippen molar-refractivity contribution in [1.82, 2.24) is 15.3 Å². The Labute approximate surface area is 129 Å². The maximum Gasteiger partial charge on any atom is 0.407 e. The van der Waals surface area contributed by atoms with Gasteiger partial charge in [-0.25, -0.2) is 14.8 Å². The second-order valence-electron chi connectivity index (χ2n) is 5.65. The number of amides is 1. The molecule has 1 aromatic rings. The van der Waals surface area contributed by atoms with Crippen LogP contribution in [0.1, 0.15) is 45.5 Å². The number of carbonyl (C=O) groups is 1. The van der Waals surface area contributed by atoms with Crippen LogP contribution in [0.4, 0.5) is 10.6 Å². The molecule has 1 amide bonds. The number of hydrogen-bond acceptors (Lipinski definition) is 6. The van der Waals surface area contributed by atoms with E-state index in [1.165, 1.54) is 6.20 Å². The van der Waals surface area contributed by atoms with Crippen molar-refractivity contribution >= 4 is 11.9 Å². The van der Waals surface area contributed by atoms with E-state index in [1.807, 2.05) is 13.0 Å². The maximum atomic E-state index is 11.6. The van der Waals surface area contributed by atoms with Crippen LogP contribution in [-0.2, 0) is 4.74 Å². The molecular formula is C15H19N5O2. The minimum atomic E-state index is -0.539. The number of ether oxygens (including phenoxy) is 1. The smallest absolute Gasteiger partial charge is 0.407 e. The number of nitrogen functional groups attached to an aromatic ring is 1. The van der Waals surface area contributed by atoms with E-state index in [1.54, 1.807) is 20.8 Å². The highest BCUT2D eigenvalue weighted by Crippen LogP contribution is 2.07. The van der Waals surface area contributed by atoms with Crippen LogP contribution < -0.4 is 11.1 Å². The minimum Gasteiger partial charge on any atom is -0.444 e. The minimum absolute atomic E-state index is 0.0479. The van der Waals surface area contributed by atoms with Gasteiger partial charge in [-0.1, -0.05) is 5.92 Å². The lowest BCUT2D eigenvalue weighted by Gasteiger charge is -2.21. The molecule has 0 aliphatic carbocycles. The van der Waals surface area contributed by atoms with Gasteiger partial charge in [0.1, 0.15) is 17.4 Å². The fourth-order valence-corrected chi connectivity index (χ4v) is 1.40. The van der Waals surface area contributed by atoms with Crippen LogP contribution in [0.3, 0.4) is 0 Å². The van der Waals surface area contributed by atoms with E-state index in [2.05, 4.69) is 27.1 Å². The largest absolute Gasteiger partial charge is 0.444 e. The molecule has 0 saturated carbocycles. The van der Waals surface area contributed by atoms with Crippen LogP contribution in [0.5, 0.6) is 0 Å². The number of carbonyl (C=O) groups excluding carboxylic acids is 1. The van der Waals surface area contributed by atoms with Crippen LogP contribution in [0.15, 0.2) is 6.20 Å². The summed E-state index contributed by atoms with van der Waals surface area (Å²) in [7, 11) is 0. The molecule has 1 rings (SSSR count). The molecule has 0 aromatic carbocycles. The van der Waals surface area contributed by atoms with Gasteiger partial charge in [0, 0.05) is 12.5 Å². The average Bonchev–Trinajstić information content (AvgIpc) is 2.38. The first-order chi connectivity index (χ1) is 10.2. The van der Waals surface area contributed by atoms with Crippen molar-refractivity contribution in [3.05, 3.63) is 17.6 Å². The lowest BCUT2D eigenvalue weighted by molar-refractivity contribution is 0.0509. The van der Waals surface area contributed by atoms with Crippen LogP contribution in [0.2, 0.25) is 0 Å². The van der Waals surface area contributed by atoms with Gasteiger partial charge in [-0.15, -0.1) is 0 Å². The molecule has 0 saturated heterocycles. The Morgan fingerprint density at radius 1 is 1.55 bits per heavy atom. The third-order valence-corrected chi connectivity index (χ3v) is 2.29. The van der Waals surface area contributed by atoms with Crippen molar-refractivity contribution in [3.63, 3.8) is 0 Å². The van der Waals surface area contributed by atoms with Gasteiger partial charge in [-0.3, -0.25) is 0 Å². The zero-order chi connectivity index (χ0) is 16.8. The molecule has 116 valence electrons. The Hall–Kier alpha value is -2.80. The van der Waals surface area contributed by atoms with Crippen LogP contribution in [0, 0.1) is 23.2 Å². The summed E-state index contributed by atoms with van der Waals surface area (Å²) in [5.41, 5.74) is 5.34. The number of aromatic nitrogens is 2. The van der Waals surface area contributed by atoms with Crippen molar-refractivity contribution in [2.24, 2.45) is 0 Å². The molecule has 0 aliphatic rings. The quantitative estimate of drug-likeness (QED) is 0.802. The third kappa shape index (κ3) is 6.10. The second kappa shape index (κ2) is 7.28. The van der Waals surface area contributed by atoms with Gasteiger partial charge < -0.3 is 15.8 Å². The van der Waals surface area contributed by atoms with Gasteiger partial charge in [-0.05, 0) is 33.6 Å². The van der Waals surface area contributed by atoms with Crippen molar-refractivity contribution in [2.75, 3.05) is 5.73 Å². The summed E-state index contributed by atoms with van der Waals surface area (Å²) in [6.45, 7) is 7.20.